The summed E-state index contributed by atoms with van der Waals surface area (Å²) in [6.07, 6.45) is 0. The fourth-order valence-corrected chi connectivity index (χ4v) is 3.45. The van der Waals surface area contributed by atoms with Crippen LogP contribution in [0.15, 0.2) is 48.5 Å². The molecule has 0 radical (unpaired) electrons. The average Bonchev–Trinajstić information content (AvgIpc) is 3.12. The first-order valence-electron chi connectivity index (χ1n) is 6.94. The second kappa shape index (κ2) is 5.24. The predicted molar refractivity (Wildman–Crippen MR) is 84.1 cm³/mol. The van der Waals surface area contributed by atoms with Gasteiger partial charge in [0.15, 0.2) is 0 Å². The van der Waals surface area contributed by atoms with E-state index in [0.717, 1.165) is 11.3 Å². The van der Waals surface area contributed by atoms with Gasteiger partial charge >= 0.3 is 5.97 Å². The van der Waals surface area contributed by atoms with Crippen molar-refractivity contribution >= 4 is 39.2 Å². The summed E-state index contributed by atoms with van der Waals surface area (Å²) in [5.41, 5.74) is 0.357. The van der Waals surface area contributed by atoms with Crippen molar-refractivity contribution in [1.82, 2.24) is 5.06 Å². The Balaban J connectivity index is 1.64. The molecule has 0 bridgehead atoms. The number of amides is 2. The molecule has 7 heteroatoms. The molecule has 0 unspecified atom stereocenters. The van der Waals surface area contributed by atoms with Gasteiger partial charge < -0.3 is 4.84 Å². The van der Waals surface area contributed by atoms with Crippen molar-refractivity contribution in [3.63, 3.8) is 0 Å². The molecule has 1 aliphatic heterocycles. The fraction of sp³-hybridized carbons (Fsp3) is 0. The van der Waals surface area contributed by atoms with E-state index >= 15 is 0 Å². The van der Waals surface area contributed by atoms with E-state index in [1.807, 2.05) is 0 Å². The smallest absolute Gasteiger partial charge is 0.323 e. The minimum Gasteiger partial charge on any atom is -0.323 e. The van der Waals surface area contributed by atoms with E-state index in [0.29, 0.717) is 9.76 Å². The zero-order valence-electron chi connectivity index (χ0n) is 12.0. The Bertz CT molecular complexity index is 991. The lowest BCUT2D eigenvalue weighted by Crippen LogP contribution is -2.32. The van der Waals surface area contributed by atoms with E-state index in [1.54, 1.807) is 18.2 Å². The lowest BCUT2D eigenvalue weighted by atomic mass is 10.1. The van der Waals surface area contributed by atoms with Crippen LogP contribution in [-0.2, 0) is 4.84 Å². The minimum absolute atomic E-state index is 0.103. The minimum atomic E-state index is -0.884. The summed E-state index contributed by atoms with van der Waals surface area (Å²) in [5.74, 6) is -2.74. The number of nitrogens with zero attached hydrogens (tertiary/aromatic N) is 1. The zero-order chi connectivity index (χ0) is 16.8. The maximum atomic E-state index is 13.7. The quantitative estimate of drug-likeness (QED) is 0.670. The van der Waals surface area contributed by atoms with Crippen LogP contribution in [0.4, 0.5) is 4.39 Å². The molecule has 0 atom stereocenters. The first-order valence-corrected chi connectivity index (χ1v) is 7.76. The van der Waals surface area contributed by atoms with E-state index < -0.39 is 23.6 Å². The number of carbonyl (C=O) groups is 3. The van der Waals surface area contributed by atoms with Gasteiger partial charge in [0.05, 0.1) is 11.1 Å². The molecule has 1 aromatic heterocycles. The first kappa shape index (κ1) is 14.5. The molecule has 2 aromatic carbocycles. The number of benzene rings is 2. The fourth-order valence-electron chi connectivity index (χ4n) is 2.50. The van der Waals surface area contributed by atoms with Crippen LogP contribution in [-0.4, -0.2) is 22.8 Å². The summed E-state index contributed by atoms with van der Waals surface area (Å²) in [5, 5.41) is 0.727. The SMILES string of the molecule is O=C(ON1C(=O)c2ccccc2C1=O)c1cc2c(F)cccc2s1. The molecule has 0 spiro atoms. The number of rotatable bonds is 2. The zero-order valence-corrected chi connectivity index (χ0v) is 12.8. The van der Waals surface area contributed by atoms with E-state index in [-0.39, 0.29) is 21.4 Å². The number of hydroxylamine groups is 2. The molecule has 0 aliphatic carbocycles. The largest absolute Gasteiger partial charge is 0.373 e. The molecule has 118 valence electrons. The topological polar surface area (TPSA) is 63.7 Å². The summed E-state index contributed by atoms with van der Waals surface area (Å²) < 4.78 is 14.3. The van der Waals surface area contributed by atoms with Crippen molar-refractivity contribution in [3.05, 3.63) is 70.4 Å². The second-order valence-electron chi connectivity index (χ2n) is 5.09. The number of halogens is 1. The summed E-state index contributed by atoms with van der Waals surface area (Å²) >= 11 is 1.03. The molecule has 4 rings (SSSR count). The number of hydrogen-bond donors (Lipinski definition) is 0. The number of hydrogen-bond acceptors (Lipinski definition) is 5. The normalized spacial score (nSPS) is 13.5. The molecular formula is C17H8FNO4S. The second-order valence-corrected chi connectivity index (χ2v) is 6.18. The number of carbonyl (C=O) groups excluding carboxylic acids is 3. The van der Waals surface area contributed by atoms with Crippen molar-refractivity contribution in [2.75, 3.05) is 0 Å². The monoisotopic (exact) mass is 341 g/mol. The van der Waals surface area contributed by atoms with Crippen molar-refractivity contribution < 1.29 is 23.6 Å². The molecule has 0 saturated heterocycles. The molecule has 5 nitrogen and oxygen atoms in total. The van der Waals surface area contributed by atoms with Gasteiger partial charge in [-0.3, -0.25) is 9.59 Å². The highest BCUT2D eigenvalue weighted by molar-refractivity contribution is 7.20. The van der Waals surface area contributed by atoms with Crippen LogP contribution in [0, 0.1) is 5.82 Å². The lowest BCUT2D eigenvalue weighted by molar-refractivity contribution is -0.0581. The molecule has 24 heavy (non-hydrogen) atoms. The van der Waals surface area contributed by atoms with Crippen LogP contribution in [0.2, 0.25) is 0 Å². The summed E-state index contributed by atoms with van der Waals surface area (Å²) in [7, 11) is 0. The van der Waals surface area contributed by atoms with Gasteiger partial charge in [0.25, 0.3) is 11.8 Å². The van der Waals surface area contributed by atoms with Gasteiger partial charge in [-0.2, -0.15) is 0 Å². The van der Waals surface area contributed by atoms with Crippen molar-refractivity contribution in [3.8, 4) is 0 Å². The standard InChI is InChI=1S/C17H8FNO4S/c18-12-6-3-7-13-11(12)8-14(24-13)17(22)23-19-15(20)9-4-1-2-5-10(9)16(19)21/h1-8H. The third-order valence-corrected chi connectivity index (χ3v) is 4.72. The van der Waals surface area contributed by atoms with E-state index in [9.17, 15) is 18.8 Å². The Kier molecular flexibility index (Phi) is 3.17. The molecule has 2 heterocycles. The van der Waals surface area contributed by atoms with Crippen LogP contribution < -0.4 is 0 Å². The number of thiophene rings is 1. The Hall–Kier alpha value is -3.06. The Morgan fingerprint density at radius 3 is 2.29 bits per heavy atom. The van der Waals surface area contributed by atoms with Gasteiger partial charge in [0.2, 0.25) is 0 Å². The summed E-state index contributed by atoms with van der Waals surface area (Å²) in [6, 6.07) is 12.0. The number of imide groups is 1. The Labute approximate surface area is 138 Å². The van der Waals surface area contributed by atoms with Gasteiger partial charge in [-0.05, 0) is 30.3 Å². The van der Waals surface area contributed by atoms with Crippen molar-refractivity contribution in [2.24, 2.45) is 0 Å². The van der Waals surface area contributed by atoms with Gasteiger partial charge in [-0.1, -0.05) is 23.3 Å². The van der Waals surface area contributed by atoms with Crippen molar-refractivity contribution in [2.45, 2.75) is 0 Å². The van der Waals surface area contributed by atoms with Gasteiger partial charge in [0.1, 0.15) is 10.7 Å². The maximum absolute atomic E-state index is 13.7. The number of fused-ring (bicyclic) bond motifs is 2. The van der Waals surface area contributed by atoms with Crippen LogP contribution in [0.5, 0.6) is 0 Å². The molecule has 0 saturated carbocycles. The summed E-state index contributed by atoms with van der Waals surface area (Å²) in [4.78, 5) is 41.6. The molecular weight excluding hydrogens is 333 g/mol. The third kappa shape index (κ3) is 2.10. The van der Waals surface area contributed by atoms with Gasteiger partial charge in [-0.15, -0.1) is 11.3 Å². The van der Waals surface area contributed by atoms with Crippen molar-refractivity contribution in [1.29, 1.82) is 0 Å². The Morgan fingerprint density at radius 2 is 1.67 bits per heavy atom. The van der Waals surface area contributed by atoms with Gasteiger partial charge in [-0.25, -0.2) is 9.18 Å². The highest BCUT2D eigenvalue weighted by Gasteiger charge is 2.39. The first-order chi connectivity index (χ1) is 11.6. The molecule has 2 amide bonds. The molecule has 3 aromatic rings. The van der Waals surface area contributed by atoms with E-state index in [1.165, 1.54) is 30.3 Å². The molecule has 0 fully saturated rings. The van der Waals surface area contributed by atoms with Gasteiger partial charge in [0, 0.05) is 10.1 Å². The lowest BCUT2D eigenvalue weighted by Gasteiger charge is -2.11. The van der Waals surface area contributed by atoms with E-state index in [2.05, 4.69) is 0 Å². The van der Waals surface area contributed by atoms with Crippen LogP contribution in [0.1, 0.15) is 30.4 Å². The van der Waals surface area contributed by atoms with Crippen LogP contribution in [0.3, 0.4) is 0 Å². The molecule has 0 N–H and O–H groups in total. The maximum Gasteiger partial charge on any atom is 0.373 e. The average molecular weight is 341 g/mol. The predicted octanol–water partition coefficient (Wildman–Crippen LogP) is 3.41. The van der Waals surface area contributed by atoms with Crippen LogP contribution in [0.25, 0.3) is 10.1 Å². The molecule has 1 aliphatic rings. The Morgan fingerprint density at radius 1 is 1.00 bits per heavy atom. The summed E-state index contributed by atoms with van der Waals surface area (Å²) in [6.45, 7) is 0. The highest BCUT2D eigenvalue weighted by Crippen LogP contribution is 2.29. The van der Waals surface area contributed by atoms with Crippen LogP contribution >= 0.6 is 11.3 Å². The highest BCUT2D eigenvalue weighted by atomic mass is 32.1. The third-order valence-electron chi connectivity index (χ3n) is 3.64. The van der Waals surface area contributed by atoms with E-state index in [4.69, 9.17) is 4.84 Å².